The molecule has 9 nitrogen and oxygen atoms in total. The Morgan fingerprint density at radius 3 is 2.59 bits per heavy atom. The van der Waals surface area contributed by atoms with Crippen LogP contribution in [-0.4, -0.2) is 39.6 Å². The van der Waals surface area contributed by atoms with E-state index in [2.05, 4.69) is 30.4 Å². The van der Waals surface area contributed by atoms with Crippen molar-refractivity contribution in [3.05, 3.63) is 23.1 Å². The molecule has 1 aliphatic rings. The number of rotatable bonds is 4. The van der Waals surface area contributed by atoms with E-state index in [0.29, 0.717) is 30.6 Å². The molecular weight excluding hydrogens is 290 g/mol. The van der Waals surface area contributed by atoms with E-state index in [0.717, 1.165) is 12.8 Å². The predicted octanol–water partition coefficient (Wildman–Crippen LogP) is 0.967. The maximum Gasteiger partial charge on any atom is 0.276 e. The van der Waals surface area contributed by atoms with Crippen molar-refractivity contribution >= 4 is 5.91 Å². The summed E-state index contributed by atoms with van der Waals surface area (Å²) in [5.41, 5.74) is 0.596. The van der Waals surface area contributed by atoms with Gasteiger partial charge in [-0.25, -0.2) is 4.63 Å². The molecule has 2 aromatic rings. The van der Waals surface area contributed by atoms with Gasteiger partial charge in [-0.2, -0.15) is 4.98 Å². The molecule has 118 valence electrons. The van der Waals surface area contributed by atoms with Crippen molar-refractivity contribution in [1.29, 1.82) is 0 Å². The van der Waals surface area contributed by atoms with Crippen LogP contribution in [0.1, 0.15) is 46.8 Å². The van der Waals surface area contributed by atoms with Crippen molar-refractivity contribution in [1.82, 2.24) is 25.8 Å². The highest BCUT2D eigenvalue weighted by Gasteiger charge is 2.32. The van der Waals surface area contributed by atoms with Crippen LogP contribution in [0.25, 0.3) is 0 Å². The lowest BCUT2D eigenvalue weighted by Gasteiger charge is -2.28. The number of carbonyl (C=O) groups excluding carboxylic acids is 1. The van der Waals surface area contributed by atoms with E-state index in [4.69, 9.17) is 9.26 Å². The van der Waals surface area contributed by atoms with Gasteiger partial charge in [0, 0.05) is 13.2 Å². The summed E-state index contributed by atoms with van der Waals surface area (Å²) in [5, 5.41) is 14.0. The highest BCUT2D eigenvalue weighted by atomic mass is 16.6. The van der Waals surface area contributed by atoms with Crippen LogP contribution >= 0.6 is 0 Å². The minimum absolute atomic E-state index is 0.160. The van der Waals surface area contributed by atoms with Crippen molar-refractivity contribution < 1.29 is 18.7 Å². The van der Waals surface area contributed by atoms with Crippen LogP contribution in [0, 0.1) is 19.8 Å². The average Bonchev–Trinajstić information content (AvgIpc) is 3.14. The van der Waals surface area contributed by atoms with Crippen LogP contribution in [0.2, 0.25) is 0 Å². The van der Waals surface area contributed by atoms with Crippen molar-refractivity contribution in [3.63, 3.8) is 0 Å². The summed E-state index contributed by atoms with van der Waals surface area (Å²) in [6.07, 6.45) is 1.62. The van der Waals surface area contributed by atoms with Crippen LogP contribution in [0.15, 0.2) is 9.15 Å². The third-order valence-electron chi connectivity index (χ3n) is 3.70. The molecule has 2 aromatic heterocycles. The van der Waals surface area contributed by atoms with Gasteiger partial charge in [0.2, 0.25) is 5.89 Å². The fourth-order valence-electron chi connectivity index (χ4n) is 2.52. The highest BCUT2D eigenvalue weighted by molar-refractivity contribution is 5.93. The number of hydrogen-bond acceptors (Lipinski definition) is 8. The normalized spacial score (nSPS) is 17.4. The Balaban J connectivity index is 1.82. The van der Waals surface area contributed by atoms with E-state index in [1.807, 2.05) is 0 Å². The second-order valence-electron chi connectivity index (χ2n) is 5.28. The molecule has 1 N–H and O–H groups in total. The molecular formula is C13H17N5O4. The number of aromatic nitrogens is 4. The van der Waals surface area contributed by atoms with E-state index in [9.17, 15) is 4.79 Å². The van der Waals surface area contributed by atoms with Crippen molar-refractivity contribution in [2.75, 3.05) is 13.2 Å². The topological polar surface area (TPSA) is 116 Å². The summed E-state index contributed by atoms with van der Waals surface area (Å²) in [5.74, 6) is 0.719. The number of amides is 1. The maximum absolute atomic E-state index is 12.4. The highest BCUT2D eigenvalue weighted by Crippen LogP contribution is 2.29. The SMILES string of the molecule is Cc1noc(C(NC(=O)c2nonc2C)C2CCOCC2)n1. The van der Waals surface area contributed by atoms with Crippen molar-refractivity contribution in [3.8, 4) is 0 Å². The molecule has 9 heteroatoms. The maximum atomic E-state index is 12.4. The first-order chi connectivity index (χ1) is 10.6. The van der Waals surface area contributed by atoms with Crippen molar-refractivity contribution in [2.45, 2.75) is 32.7 Å². The molecule has 1 amide bonds. The summed E-state index contributed by atoms with van der Waals surface area (Å²) in [7, 11) is 0. The Bertz CT molecular complexity index is 646. The summed E-state index contributed by atoms with van der Waals surface area (Å²) in [6, 6.07) is -0.381. The first kappa shape index (κ1) is 14.6. The first-order valence-corrected chi connectivity index (χ1v) is 7.13. The minimum Gasteiger partial charge on any atom is -0.381 e. The van der Waals surface area contributed by atoms with E-state index in [1.165, 1.54) is 0 Å². The van der Waals surface area contributed by atoms with Crippen LogP contribution in [0.5, 0.6) is 0 Å². The zero-order chi connectivity index (χ0) is 15.5. The lowest BCUT2D eigenvalue weighted by Crippen LogP contribution is -2.36. The number of aryl methyl sites for hydroxylation is 2. The van der Waals surface area contributed by atoms with Gasteiger partial charge in [0.15, 0.2) is 11.5 Å². The van der Waals surface area contributed by atoms with Crippen LogP contribution < -0.4 is 5.32 Å². The molecule has 1 atom stereocenters. The number of hydrogen-bond donors (Lipinski definition) is 1. The van der Waals surface area contributed by atoms with Gasteiger partial charge in [0.1, 0.15) is 11.7 Å². The Morgan fingerprint density at radius 2 is 2.00 bits per heavy atom. The van der Waals surface area contributed by atoms with Gasteiger partial charge in [-0.15, -0.1) is 0 Å². The first-order valence-electron chi connectivity index (χ1n) is 7.13. The van der Waals surface area contributed by atoms with Crippen LogP contribution in [-0.2, 0) is 4.74 Å². The lowest BCUT2D eigenvalue weighted by atomic mass is 9.91. The van der Waals surface area contributed by atoms with Gasteiger partial charge < -0.3 is 14.6 Å². The second-order valence-corrected chi connectivity index (χ2v) is 5.28. The van der Waals surface area contributed by atoms with Gasteiger partial charge in [0.25, 0.3) is 5.91 Å². The largest absolute Gasteiger partial charge is 0.381 e. The number of nitrogens with zero attached hydrogens (tertiary/aromatic N) is 4. The third-order valence-corrected chi connectivity index (χ3v) is 3.70. The smallest absolute Gasteiger partial charge is 0.276 e. The molecule has 0 aliphatic carbocycles. The summed E-state index contributed by atoms with van der Waals surface area (Å²) in [4.78, 5) is 16.6. The Morgan fingerprint density at radius 1 is 1.23 bits per heavy atom. The van der Waals surface area contributed by atoms with Crippen LogP contribution in [0.4, 0.5) is 0 Å². The lowest BCUT2D eigenvalue weighted by molar-refractivity contribution is 0.0466. The molecule has 0 bridgehead atoms. The van der Waals surface area contributed by atoms with Crippen molar-refractivity contribution in [2.24, 2.45) is 5.92 Å². The van der Waals surface area contributed by atoms with Gasteiger partial charge in [-0.3, -0.25) is 4.79 Å². The Labute approximate surface area is 126 Å². The van der Waals surface area contributed by atoms with Gasteiger partial charge in [0.05, 0.1) is 0 Å². The molecule has 0 radical (unpaired) electrons. The summed E-state index contributed by atoms with van der Waals surface area (Å²) in [6.45, 7) is 4.69. The molecule has 1 fully saturated rings. The van der Waals surface area contributed by atoms with E-state index in [1.54, 1.807) is 13.8 Å². The zero-order valence-electron chi connectivity index (χ0n) is 12.4. The fourth-order valence-corrected chi connectivity index (χ4v) is 2.52. The molecule has 22 heavy (non-hydrogen) atoms. The minimum atomic E-state index is -0.381. The molecule has 1 aliphatic heterocycles. The fraction of sp³-hybridized carbons (Fsp3) is 0.615. The summed E-state index contributed by atoms with van der Waals surface area (Å²) < 4.78 is 15.2. The van der Waals surface area contributed by atoms with Gasteiger partial charge >= 0.3 is 0 Å². The predicted molar refractivity (Wildman–Crippen MR) is 71.8 cm³/mol. The van der Waals surface area contributed by atoms with Gasteiger partial charge in [-0.1, -0.05) is 10.3 Å². The molecule has 0 saturated carbocycles. The number of carbonyl (C=O) groups is 1. The standard InChI is InChI=1S/C13H17N5O4/c1-7-10(18-22-16-7)12(19)15-11(9-3-5-20-6-4-9)13-14-8(2)17-21-13/h9,11H,3-6H2,1-2H3,(H,15,19). The second kappa shape index (κ2) is 6.22. The van der Waals surface area contributed by atoms with Gasteiger partial charge in [-0.05, 0) is 37.8 Å². The summed E-state index contributed by atoms with van der Waals surface area (Å²) >= 11 is 0. The molecule has 0 aromatic carbocycles. The molecule has 3 rings (SSSR count). The molecule has 3 heterocycles. The zero-order valence-corrected chi connectivity index (χ0v) is 12.4. The Hall–Kier alpha value is -2.29. The van der Waals surface area contributed by atoms with E-state index < -0.39 is 0 Å². The average molecular weight is 307 g/mol. The molecule has 1 saturated heterocycles. The van der Waals surface area contributed by atoms with E-state index >= 15 is 0 Å². The quantitative estimate of drug-likeness (QED) is 0.888. The van der Waals surface area contributed by atoms with E-state index in [-0.39, 0.29) is 23.6 Å². The third kappa shape index (κ3) is 2.98. The number of nitrogens with one attached hydrogen (secondary N) is 1. The Kier molecular flexibility index (Phi) is 4.14. The number of ether oxygens (including phenoxy) is 1. The van der Waals surface area contributed by atoms with Crippen LogP contribution in [0.3, 0.4) is 0 Å². The molecule has 1 unspecified atom stereocenters. The molecule has 0 spiro atoms. The monoisotopic (exact) mass is 307 g/mol.